The molecule has 0 bridgehead atoms. The topological polar surface area (TPSA) is 78.3 Å². The van der Waals surface area contributed by atoms with Crippen molar-refractivity contribution in [1.29, 1.82) is 0 Å². The highest BCUT2D eigenvalue weighted by Gasteiger charge is 2.25. The van der Waals surface area contributed by atoms with Crippen molar-refractivity contribution in [3.63, 3.8) is 0 Å². The molecule has 0 fully saturated rings. The van der Waals surface area contributed by atoms with Crippen molar-refractivity contribution in [2.45, 2.75) is 25.9 Å². The van der Waals surface area contributed by atoms with E-state index in [1.54, 1.807) is 6.07 Å². The van der Waals surface area contributed by atoms with Crippen LogP contribution >= 0.6 is 0 Å². The lowest BCUT2D eigenvalue weighted by Gasteiger charge is -2.25. The molecule has 0 saturated heterocycles. The zero-order valence-corrected chi connectivity index (χ0v) is 8.62. The average Bonchev–Trinajstić information content (AvgIpc) is 2.23. The SMILES string of the molecule is CC(=O)C1CCc2ccc(N)c(N)c2O1. The highest BCUT2D eigenvalue weighted by Crippen LogP contribution is 2.36. The highest BCUT2D eigenvalue weighted by atomic mass is 16.5. The van der Waals surface area contributed by atoms with Gasteiger partial charge >= 0.3 is 0 Å². The normalized spacial score (nSPS) is 19.1. The average molecular weight is 206 g/mol. The van der Waals surface area contributed by atoms with Crippen LogP contribution in [-0.2, 0) is 11.2 Å². The number of hydrogen-bond acceptors (Lipinski definition) is 4. The molecule has 4 nitrogen and oxygen atoms in total. The summed E-state index contributed by atoms with van der Waals surface area (Å²) in [7, 11) is 0. The van der Waals surface area contributed by atoms with Crippen molar-refractivity contribution in [3.05, 3.63) is 17.7 Å². The van der Waals surface area contributed by atoms with Gasteiger partial charge in [0.15, 0.2) is 11.9 Å². The maximum Gasteiger partial charge on any atom is 0.170 e. The Morgan fingerprint density at radius 1 is 1.47 bits per heavy atom. The van der Waals surface area contributed by atoms with E-state index < -0.39 is 0 Å². The summed E-state index contributed by atoms with van der Waals surface area (Å²) in [5, 5.41) is 0. The number of carbonyl (C=O) groups is 1. The van der Waals surface area contributed by atoms with Gasteiger partial charge in [-0.1, -0.05) is 6.07 Å². The van der Waals surface area contributed by atoms with E-state index in [9.17, 15) is 4.79 Å². The fourth-order valence-electron chi connectivity index (χ4n) is 1.77. The zero-order chi connectivity index (χ0) is 11.0. The van der Waals surface area contributed by atoms with E-state index in [-0.39, 0.29) is 11.9 Å². The number of nitrogen functional groups attached to an aromatic ring is 2. The molecule has 1 aromatic carbocycles. The lowest BCUT2D eigenvalue weighted by molar-refractivity contribution is -0.124. The van der Waals surface area contributed by atoms with E-state index in [2.05, 4.69) is 0 Å². The Hall–Kier alpha value is -1.71. The fraction of sp³-hybridized carbons (Fsp3) is 0.364. The van der Waals surface area contributed by atoms with E-state index >= 15 is 0 Å². The third kappa shape index (κ3) is 1.63. The van der Waals surface area contributed by atoms with Gasteiger partial charge in [0.05, 0.1) is 11.4 Å². The first kappa shape index (κ1) is 9.83. The maximum absolute atomic E-state index is 11.2. The van der Waals surface area contributed by atoms with Gasteiger partial charge in [0.2, 0.25) is 0 Å². The van der Waals surface area contributed by atoms with E-state index in [0.717, 1.165) is 12.0 Å². The van der Waals surface area contributed by atoms with Crippen LogP contribution in [0.15, 0.2) is 12.1 Å². The van der Waals surface area contributed by atoms with E-state index in [1.807, 2.05) is 6.07 Å². The first-order valence-corrected chi connectivity index (χ1v) is 4.93. The molecule has 80 valence electrons. The third-order valence-electron chi connectivity index (χ3n) is 2.70. The van der Waals surface area contributed by atoms with E-state index in [4.69, 9.17) is 16.2 Å². The minimum Gasteiger partial charge on any atom is -0.480 e. The minimum absolute atomic E-state index is 0.0301. The van der Waals surface area contributed by atoms with Crippen LogP contribution in [0, 0.1) is 0 Å². The molecule has 0 saturated carbocycles. The molecule has 4 N–H and O–H groups in total. The van der Waals surface area contributed by atoms with Crippen LogP contribution in [0.1, 0.15) is 18.9 Å². The van der Waals surface area contributed by atoms with Crippen LogP contribution in [-0.4, -0.2) is 11.9 Å². The molecular weight excluding hydrogens is 192 g/mol. The van der Waals surface area contributed by atoms with Crippen LogP contribution in [0.5, 0.6) is 5.75 Å². The number of carbonyl (C=O) groups excluding carboxylic acids is 1. The van der Waals surface area contributed by atoms with Gasteiger partial charge in [0, 0.05) is 0 Å². The molecule has 0 radical (unpaired) electrons. The molecule has 0 amide bonds. The van der Waals surface area contributed by atoms with Crippen LogP contribution in [0.3, 0.4) is 0 Å². The summed E-state index contributed by atoms with van der Waals surface area (Å²) in [6.07, 6.45) is 1.15. The van der Waals surface area contributed by atoms with Crippen molar-refractivity contribution < 1.29 is 9.53 Å². The number of nitrogens with two attached hydrogens (primary N) is 2. The van der Waals surface area contributed by atoms with Crippen molar-refractivity contribution in [2.75, 3.05) is 11.5 Å². The molecule has 0 aliphatic carbocycles. The first-order valence-electron chi connectivity index (χ1n) is 4.93. The van der Waals surface area contributed by atoms with Crippen molar-refractivity contribution in [2.24, 2.45) is 0 Å². The van der Waals surface area contributed by atoms with Gasteiger partial charge in [-0.2, -0.15) is 0 Å². The number of benzene rings is 1. The minimum atomic E-state index is -0.374. The van der Waals surface area contributed by atoms with Gasteiger partial charge in [-0.25, -0.2) is 0 Å². The van der Waals surface area contributed by atoms with Gasteiger partial charge in [0.1, 0.15) is 5.75 Å². The van der Waals surface area contributed by atoms with E-state index in [1.165, 1.54) is 6.92 Å². The Morgan fingerprint density at radius 3 is 2.87 bits per heavy atom. The van der Waals surface area contributed by atoms with Crippen molar-refractivity contribution in [1.82, 2.24) is 0 Å². The summed E-state index contributed by atoms with van der Waals surface area (Å²) in [5.74, 6) is 0.615. The molecule has 1 aliphatic rings. The zero-order valence-electron chi connectivity index (χ0n) is 8.62. The quantitative estimate of drug-likeness (QED) is 0.675. The van der Waals surface area contributed by atoms with Gasteiger partial charge in [-0.3, -0.25) is 4.79 Å². The Labute approximate surface area is 88.2 Å². The van der Waals surface area contributed by atoms with Crippen LogP contribution < -0.4 is 16.2 Å². The van der Waals surface area contributed by atoms with Crippen molar-refractivity contribution in [3.8, 4) is 5.75 Å². The Bertz CT molecular complexity index is 415. The van der Waals surface area contributed by atoms with Crippen LogP contribution in [0.25, 0.3) is 0 Å². The number of rotatable bonds is 1. The summed E-state index contributed by atoms with van der Waals surface area (Å²) >= 11 is 0. The Balaban J connectivity index is 2.39. The number of fused-ring (bicyclic) bond motifs is 1. The number of Topliss-reactive ketones (excluding diaryl/α,β-unsaturated/α-hetero) is 1. The van der Waals surface area contributed by atoms with Gasteiger partial charge in [-0.15, -0.1) is 0 Å². The number of anilines is 2. The smallest absolute Gasteiger partial charge is 0.170 e. The fourth-order valence-corrected chi connectivity index (χ4v) is 1.77. The van der Waals surface area contributed by atoms with E-state index in [0.29, 0.717) is 23.5 Å². The van der Waals surface area contributed by atoms with Crippen LogP contribution in [0.2, 0.25) is 0 Å². The second kappa shape index (κ2) is 3.46. The third-order valence-corrected chi connectivity index (χ3v) is 2.70. The molecular formula is C11H14N2O2. The van der Waals surface area contributed by atoms with Gasteiger partial charge in [-0.05, 0) is 31.4 Å². The lowest BCUT2D eigenvalue weighted by atomic mass is 9.99. The largest absolute Gasteiger partial charge is 0.480 e. The van der Waals surface area contributed by atoms with Crippen LogP contribution in [0.4, 0.5) is 11.4 Å². The lowest BCUT2D eigenvalue weighted by Crippen LogP contribution is -2.29. The standard InChI is InChI=1S/C11H14N2O2/c1-6(14)9-5-3-7-2-4-8(12)10(13)11(7)15-9/h2,4,9H,3,5,12-13H2,1H3. The summed E-state index contributed by atoms with van der Waals surface area (Å²) in [4.78, 5) is 11.2. The predicted molar refractivity (Wildman–Crippen MR) is 58.7 cm³/mol. The number of aryl methyl sites for hydroxylation is 1. The molecule has 1 atom stereocenters. The molecule has 1 heterocycles. The number of ether oxygens (including phenoxy) is 1. The van der Waals surface area contributed by atoms with Crippen molar-refractivity contribution >= 4 is 17.2 Å². The Kier molecular flexibility index (Phi) is 2.26. The number of ketones is 1. The molecule has 2 rings (SSSR count). The first-order chi connectivity index (χ1) is 7.09. The Morgan fingerprint density at radius 2 is 2.20 bits per heavy atom. The molecule has 1 aromatic rings. The maximum atomic E-state index is 11.2. The highest BCUT2D eigenvalue weighted by molar-refractivity contribution is 5.82. The summed E-state index contributed by atoms with van der Waals surface area (Å²) in [6, 6.07) is 3.67. The predicted octanol–water partition coefficient (Wildman–Crippen LogP) is 1.13. The molecule has 1 unspecified atom stereocenters. The second-order valence-corrected chi connectivity index (χ2v) is 3.81. The molecule has 1 aliphatic heterocycles. The summed E-state index contributed by atoms with van der Waals surface area (Å²) < 4.78 is 5.55. The monoisotopic (exact) mass is 206 g/mol. The summed E-state index contributed by atoms with van der Waals surface area (Å²) in [5.41, 5.74) is 13.4. The summed E-state index contributed by atoms with van der Waals surface area (Å²) in [6.45, 7) is 1.53. The molecule has 0 spiro atoms. The van der Waals surface area contributed by atoms with Gasteiger partial charge in [0.25, 0.3) is 0 Å². The molecule has 0 aromatic heterocycles. The molecule has 15 heavy (non-hydrogen) atoms. The number of hydrogen-bond donors (Lipinski definition) is 2. The van der Waals surface area contributed by atoms with Gasteiger partial charge < -0.3 is 16.2 Å². The second-order valence-electron chi connectivity index (χ2n) is 3.81. The molecule has 4 heteroatoms.